The Bertz CT molecular complexity index is 571. The average Bonchev–Trinajstić information content (AvgIpc) is 2.98. The zero-order valence-electron chi connectivity index (χ0n) is 11.4. The number of benzene rings is 1. The van der Waals surface area contributed by atoms with Gasteiger partial charge in [-0.25, -0.2) is 8.78 Å². The van der Waals surface area contributed by atoms with E-state index in [1.54, 1.807) is 12.3 Å². The van der Waals surface area contributed by atoms with Crippen LogP contribution in [0.3, 0.4) is 0 Å². The highest BCUT2D eigenvalue weighted by atomic mass is 35.5. The van der Waals surface area contributed by atoms with Gasteiger partial charge in [0.2, 0.25) is 0 Å². The van der Waals surface area contributed by atoms with Crippen LogP contribution >= 0.6 is 12.4 Å². The fourth-order valence-electron chi connectivity index (χ4n) is 2.62. The summed E-state index contributed by atoms with van der Waals surface area (Å²) in [5.74, 6) is -0.903. The third kappa shape index (κ3) is 3.43. The van der Waals surface area contributed by atoms with Gasteiger partial charge in [-0.3, -0.25) is 4.90 Å². The first-order valence-electron chi connectivity index (χ1n) is 6.69. The Morgan fingerprint density at radius 1 is 1.10 bits per heavy atom. The van der Waals surface area contributed by atoms with Crippen molar-refractivity contribution in [2.24, 2.45) is 0 Å². The summed E-state index contributed by atoms with van der Waals surface area (Å²) in [6.07, 6.45) is 1.60. The van der Waals surface area contributed by atoms with E-state index >= 15 is 0 Å². The van der Waals surface area contributed by atoms with Gasteiger partial charge in [0.25, 0.3) is 0 Å². The van der Waals surface area contributed by atoms with Crippen molar-refractivity contribution in [3.63, 3.8) is 0 Å². The van der Waals surface area contributed by atoms with Gasteiger partial charge in [-0.1, -0.05) is 6.07 Å². The molecule has 2 aromatic rings. The lowest BCUT2D eigenvalue weighted by Gasteiger charge is -2.34. The molecule has 1 N–H and O–H groups in total. The SMILES string of the molecule is Cl.Fc1ccc([C@H](c2ccco2)N2CCNCC2)cc1F. The Balaban J connectivity index is 0.00000161. The molecule has 1 aromatic carbocycles. The zero-order valence-corrected chi connectivity index (χ0v) is 12.2. The van der Waals surface area contributed by atoms with Gasteiger partial charge in [-0.05, 0) is 29.8 Å². The van der Waals surface area contributed by atoms with Crippen LogP contribution in [0.15, 0.2) is 41.0 Å². The second-order valence-corrected chi connectivity index (χ2v) is 4.88. The van der Waals surface area contributed by atoms with Crippen molar-refractivity contribution < 1.29 is 13.2 Å². The first-order chi connectivity index (χ1) is 9.75. The van der Waals surface area contributed by atoms with Crippen molar-refractivity contribution >= 4 is 12.4 Å². The minimum atomic E-state index is -0.827. The molecule has 0 unspecified atom stereocenters. The fourth-order valence-corrected chi connectivity index (χ4v) is 2.62. The molecule has 3 nitrogen and oxygen atoms in total. The van der Waals surface area contributed by atoms with E-state index in [2.05, 4.69) is 10.2 Å². The van der Waals surface area contributed by atoms with Crippen LogP contribution in [0.4, 0.5) is 8.78 Å². The van der Waals surface area contributed by atoms with Gasteiger partial charge in [-0.15, -0.1) is 12.4 Å². The highest BCUT2D eigenvalue weighted by Gasteiger charge is 2.26. The lowest BCUT2D eigenvalue weighted by Crippen LogP contribution is -2.45. The van der Waals surface area contributed by atoms with Crippen LogP contribution in [-0.4, -0.2) is 31.1 Å². The number of halogens is 3. The highest BCUT2D eigenvalue weighted by Crippen LogP contribution is 2.30. The molecule has 1 aliphatic heterocycles. The largest absolute Gasteiger partial charge is 0.467 e. The lowest BCUT2D eigenvalue weighted by atomic mass is 10.0. The van der Waals surface area contributed by atoms with Crippen LogP contribution < -0.4 is 5.32 Å². The van der Waals surface area contributed by atoms with Crippen LogP contribution in [-0.2, 0) is 0 Å². The summed E-state index contributed by atoms with van der Waals surface area (Å²) in [6, 6.07) is 7.54. The molecule has 1 aliphatic rings. The van der Waals surface area contributed by atoms with E-state index in [9.17, 15) is 8.78 Å². The molecule has 0 spiro atoms. The summed E-state index contributed by atoms with van der Waals surface area (Å²) in [5.41, 5.74) is 0.709. The Morgan fingerprint density at radius 3 is 2.48 bits per heavy atom. The maximum Gasteiger partial charge on any atom is 0.159 e. The molecule has 0 amide bonds. The molecule has 0 bridgehead atoms. The maximum absolute atomic E-state index is 13.5. The van der Waals surface area contributed by atoms with Crippen LogP contribution in [0.2, 0.25) is 0 Å². The predicted octanol–water partition coefficient (Wildman–Crippen LogP) is 2.97. The number of nitrogens with zero attached hydrogens (tertiary/aromatic N) is 1. The molecule has 0 aliphatic carbocycles. The number of piperazine rings is 1. The number of hydrogen-bond acceptors (Lipinski definition) is 3. The first kappa shape index (κ1) is 15.9. The van der Waals surface area contributed by atoms with Crippen molar-refractivity contribution in [3.8, 4) is 0 Å². The first-order valence-corrected chi connectivity index (χ1v) is 6.69. The van der Waals surface area contributed by atoms with Crippen LogP contribution in [0.1, 0.15) is 17.4 Å². The molecule has 1 saturated heterocycles. The monoisotopic (exact) mass is 314 g/mol. The third-order valence-corrected chi connectivity index (χ3v) is 3.59. The Morgan fingerprint density at radius 2 is 1.86 bits per heavy atom. The van der Waals surface area contributed by atoms with Crippen LogP contribution in [0, 0.1) is 11.6 Å². The predicted molar refractivity (Wildman–Crippen MR) is 78.6 cm³/mol. The second kappa shape index (κ2) is 7.02. The average molecular weight is 315 g/mol. The molecule has 114 valence electrons. The van der Waals surface area contributed by atoms with Gasteiger partial charge in [0, 0.05) is 26.2 Å². The fraction of sp³-hybridized carbons (Fsp3) is 0.333. The van der Waals surface area contributed by atoms with E-state index < -0.39 is 11.6 Å². The molecule has 2 heterocycles. The van der Waals surface area contributed by atoms with Gasteiger partial charge < -0.3 is 9.73 Å². The van der Waals surface area contributed by atoms with Gasteiger partial charge in [0.05, 0.1) is 12.3 Å². The molecule has 3 rings (SSSR count). The van der Waals surface area contributed by atoms with Crippen molar-refractivity contribution in [3.05, 3.63) is 59.6 Å². The summed E-state index contributed by atoms with van der Waals surface area (Å²) in [5, 5.41) is 3.28. The molecule has 1 aromatic heterocycles. The van der Waals surface area contributed by atoms with E-state index in [0.717, 1.165) is 31.9 Å². The van der Waals surface area contributed by atoms with E-state index in [0.29, 0.717) is 5.56 Å². The number of nitrogens with one attached hydrogen (secondary N) is 1. The Kier molecular flexibility index (Phi) is 5.33. The smallest absolute Gasteiger partial charge is 0.159 e. The van der Waals surface area contributed by atoms with Crippen molar-refractivity contribution in [2.75, 3.05) is 26.2 Å². The molecule has 21 heavy (non-hydrogen) atoms. The van der Waals surface area contributed by atoms with Gasteiger partial charge >= 0.3 is 0 Å². The maximum atomic E-state index is 13.5. The Hall–Kier alpha value is -1.43. The third-order valence-electron chi connectivity index (χ3n) is 3.59. The Labute approximate surface area is 128 Å². The number of furan rings is 1. The summed E-state index contributed by atoms with van der Waals surface area (Å²) in [4.78, 5) is 2.21. The minimum Gasteiger partial charge on any atom is -0.467 e. The van der Waals surface area contributed by atoms with E-state index in [1.807, 2.05) is 12.1 Å². The topological polar surface area (TPSA) is 28.4 Å². The minimum absolute atomic E-state index is 0. The standard InChI is InChI=1S/C15H16F2N2O.ClH/c16-12-4-3-11(10-13(12)17)15(14-2-1-9-20-14)19-7-5-18-6-8-19;/h1-4,9-10,15,18H,5-8H2;1H/t15-;/m1./s1. The molecular weight excluding hydrogens is 298 g/mol. The summed E-state index contributed by atoms with van der Waals surface area (Å²) >= 11 is 0. The molecule has 6 heteroatoms. The quantitative estimate of drug-likeness (QED) is 0.944. The molecule has 1 atom stereocenters. The van der Waals surface area contributed by atoms with Gasteiger partial charge in [0.1, 0.15) is 5.76 Å². The van der Waals surface area contributed by atoms with Crippen molar-refractivity contribution in [1.29, 1.82) is 0 Å². The molecular formula is C15H17ClF2N2O. The molecule has 0 radical (unpaired) electrons. The number of hydrogen-bond donors (Lipinski definition) is 1. The van der Waals surface area contributed by atoms with E-state index in [4.69, 9.17) is 4.42 Å². The van der Waals surface area contributed by atoms with Crippen molar-refractivity contribution in [1.82, 2.24) is 10.2 Å². The van der Waals surface area contributed by atoms with E-state index in [-0.39, 0.29) is 18.4 Å². The van der Waals surface area contributed by atoms with Gasteiger partial charge in [-0.2, -0.15) is 0 Å². The number of rotatable bonds is 3. The van der Waals surface area contributed by atoms with E-state index in [1.165, 1.54) is 12.1 Å². The second-order valence-electron chi connectivity index (χ2n) is 4.88. The van der Waals surface area contributed by atoms with Crippen LogP contribution in [0.25, 0.3) is 0 Å². The normalized spacial score (nSPS) is 17.2. The summed E-state index contributed by atoms with van der Waals surface area (Å²) < 4.78 is 32.1. The molecule has 1 fully saturated rings. The summed E-state index contributed by atoms with van der Waals surface area (Å²) in [7, 11) is 0. The van der Waals surface area contributed by atoms with Crippen molar-refractivity contribution in [2.45, 2.75) is 6.04 Å². The highest BCUT2D eigenvalue weighted by molar-refractivity contribution is 5.85. The van der Waals surface area contributed by atoms with Gasteiger partial charge in [0.15, 0.2) is 11.6 Å². The lowest BCUT2D eigenvalue weighted by molar-refractivity contribution is 0.179. The molecule has 0 saturated carbocycles. The van der Waals surface area contributed by atoms with Crippen LogP contribution in [0.5, 0.6) is 0 Å². The zero-order chi connectivity index (χ0) is 13.9. The summed E-state index contributed by atoms with van der Waals surface area (Å²) in [6.45, 7) is 3.43.